The van der Waals surface area contributed by atoms with Gasteiger partial charge in [-0.05, 0) is 57.1 Å². The molecule has 1 aromatic carbocycles. The topological polar surface area (TPSA) is 12.0 Å². The molecule has 1 aromatic rings. The van der Waals surface area contributed by atoms with E-state index in [0.29, 0.717) is 5.92 Å². The zero-order valence-corrected chi connectivity index (χ0v) is 14.3. The smallest absolute Gasteiger partial charge is 0.00967 e. The van der Waals surface area contributed by atoms with Crippen LogP contribution < -0.4 is 5.32 Å². The Labute approximate surface area is 126 Å². The molecule has 0 aliphatic heterocycles. The summed E-state index contributed by atoms with van der Waals surface area (Å²) in [5.74, 6) is 1.42. The number of nitrogens with one attached hydrogen (secondary N) is 1. The van der Waals surface area contributed by atoms with Gasteiger partial charge in [-0.2, -0.15) is 0 Å². The number of hydrogen-bond donors (Lipinski definition) is 1. The second-order valence-electron chi connectivity index (χ2n) is 7.31. The van der Waals surface area contributed by atoms with Gasteiger partial charge in [0.1, 0.15) is 0 Å². The summed E-state index contributed by atoms with van der Waals surface area (Å²) in [7, 11) is 0. The van der Waals surface area contributed by atoms with Crippen LogP contribution in [0, 0.1) is 12.8 Å². The lowest BCUT2D eigenvalue weighted by molar-refractivity contribution is 0.366. The van der Waals surface area contributed by atoms with Crippen molar-refractivity contribution >= 4 is 0 Å². The number of rotatable bonds is 7. The summed E-state index contributed by atoms with van der Waals surface area (Å²) in [6.45, 7) is 14.7. The van der Waals surface area contributed by atoms with Crippen LogP contribution >= 0.6 is 0 Å². The van der Waals surface area contributed by atoms with E-state index in [-0.39, 0.29) is 5.54 Å². The lowest BCUT2D eigenvalue weighted by Crippen LogP contribution is -2.39. The largest absolute Gasteiger partial charge is 0.311 e. The standard InChI is InChI=1S/C19H33N/c1-7-10-15(2)13-17(14-20-19(4,5)6)18-12-9-8-11-16(18)3/h8-9,11-12,15,17,20H,7,10,13-14H2,1-6H3. The Bertz CT molecular complexity index is 389. The summed E-state index contributed by atoms with van der Waals surface area (Å²) in [6.07, 6.45) is 3.90. The maximum Gasteiger partial charge on any atom is 0.00967 e. The van der Waals surface area contributed by atoms with Crippen LogP contribution in [-0.2, 0) is 0 Å². The van der Waals surface area contributed by atoms with Crippen molar-refractivity contribution < 1.29 is 0 Å². The Hall–Kier alpha value is -0.820. The first-order valence-electron chi connectivity index (χ1n) is 8.14. The van der Waals surface area contributed by atoms with Gasteiger partial charge in [0.05, 0.1) is 0 Å². The second-order valence-corrected chi connectivity index (χ2v) is 7.31. The molecule has 1 nitrogen and oxygen atoms in total. The molecule has 0 heterocycles. The molecule has 20 heavy (non-hydrogen) atoms. The van der Waals surface area contributed by atoms with Crippen molar-refractivity contribution in [1.29, 1.82) is 0 Å². The van der Waals surface area contributed by atoms with E-state index in [1.807, 2.05) is 0 Å². The van der Waals surface area contributed by atoms with E-state index in [0.717, 1.165) is 12.5 Å². The van der Waals surface area contributed by atoms with Crippen LogP contribution in [0.15, 0.2) is 24.3 Å². The number of hydrogen-bond acceptors (Lipinski definition) is 1. The van der Waals surface area contributed by atoms with Gasteiger partial charge >= 0.3 is 0 Å². The molecule has 0 aliphatic carbocycles. The summed E-state index contributed by atoms with van der Waals surface area (Å²) in [5, 5.41) is 3.70. The minimum absolute atomic E-state index is 0.189. The molecule has 0 aromatic heterocycles. The van der Waals surface area contributed by atoms with E-state index in [4.69, 9.17) is 0 Å². The Morgan fingerprint density at radius 3 is 2.35 bits per heavy atom. The fourth-order valence-corrected chi connectivity index (χ4v) is 2.89. The lowest BCUT2D eigenvalue weighted by atomic mass is 9.85. The average Bonchev–Trinajstić information content (AvgIpc) is 2.34. The molecular weight excluding hydrogens is 242 g/mol. The Kier molecular flexibility index (Phi) is 6.75. The first-order valence-corrected chi connectivity index (χ1v) is 8.14. The predicted molar refractivity (Wildman–Crippen MR) is 90.4 cm³/mol. The van der Waals surface area contributed by atoms with Crippen molar-refractivity contribution in [1.82, 2.24) is 5.32 Å². The molecule has 114 valence electrons. The van der Waals surface area contributed by atoms with Gasteiger partial charge in [0.25, 0.3) is 0 Å². The first kappa shape index (κ1) is 17.2. The molecule has 0 fully saturated rings. The summed E-state index contributed by atoms with van der Waals surface area (Å²) in [4.78, 5) is 0. The molecule has 0 aliphatic rings. The molecular formula is C19H33N. The van der Waals surface area contributed by atoms with E-state index in [9.17, 15) is 0 Å². The fourth-order valence-electron chi connectivity index (χ4n) is 2.89. The van der Waals surface area contributed by atoms with Crippen molar-refractivity contribution in [2.24, 2.45) is 5.92 Å². The normalized spacial score (nSPS) is 15.1. The van der Waals surface area contributed by atoms with Crippen molar-refractivity contribution in [3.63, 3.8) is 0 Å². The molecule has 1 N–H and O–H groups in total. The molecule has 1 heteroatoms. The van der Waals surface area contributed by atoms with E-state index < -0.39 is 0 Å². The van der Waals surface area contributed by atoms with Gasteiger partial charge in [-0.1, -0.05) is 51.0 Å². The molecule has 2 atom stereocenters. The summed E-state index contributed by atoms with van der Waals surface area (Å²) >= 11 is 0. The Balaban J connectivity index is 2.81. The second kappa shape index (κ2) is 7.83. The fraction of sp³-hybridized carbons (Fsp3) is 0.684. The average molecular weight is 275 g/mol. The zero-order chi connectivity index (χ0) is 15.2. The van der Waals surface area contributed by atoms with Gasteiger partial charge < -0.3 is 5.32 Å². The van der Waals surface area contributed by atoms with Crippen LogP contribution in [0.2, 0.25) is 0 Å². The van der Waals surface area contributed by atoms with Crippen LogP contribution in [0.5, 0.6) is 0 Å². The van der Waals surface area contributed by atoms with Crippen LogP contribution in [0.25, 0.3) is 0 Å². The van der Waals surface area contributed by atoms with Crippen molar-refractivity contribution in [2.75, 3.05) is 6.54 Å². The van der Waals surface area contributed by atoms with Gasteiger partial charge in [0.15, 0.2) is 0 Å². The third kappa shape index (κ3) is 6.09. The first-order chi connectivity index (χ1) is 9.33. The molecule has 0 saturated heterocycles. The quantitative estimate of drug-likeness (QED) is 0.712. The molecule has 0 bridgehead atoms. The summed E-state index contributed by atoms with van der Waals surface area (Å²) < 4.78 is 0. The third-order valence-electron chi connectivity index (χ3n) is 3.98. The van der Waals surface area contributed by atoms with Gasteiger partial charge in [-0.3, -0.25) is 0 Å². The highest BCUT2D eigenvalue weighted by atomic mass is 14.9. The van der Waals surface area contributed by atoms with Gasteiger partial charge in [0.2, 0.25) is 0 Å². The predicted octanol–water partition coefficient (Wildman–Crippen LogP) is 5.29. The van der Waals surface area contributed by atoms with Gasteiger partial charge in [0, 0.05) is 12.1 Å². The van der Waals surface area contributed by atoms with E-state index in [2.05, 4.69) is 71.1 Å². The molecule has 0 saturated carbocycles. The lowest BCUT2D eigenvalue weighted by Gasteiger charge is -2.28. The van der Waals surface area contributed by atoms with Gasteiger partial charge in [-0.25, -0.2) is 0 Å². The van der Waals surface area contributed by atoms with E-state index >= 15 is 0 Å². The monoisotopic (exact) mass is 275 g/mol. The molecule has 2 unspecified atom stereocenters. The van der Waals surface area contributed by atoms with E-state index in [1.54, 1.807) is 0 Å². The van der Waals surface area contributed by atoms with Crippen LogP contribution in [0.1, 0.15) is 70.9 Å². The molecule has 0 amide bonds. The molecule has 1 rings (SSSR count). The Morgan fingerprint density at radius 1 is 1.15 bits per heavy atom. The highest BCUT2D eigenvalue weighted by Gasteiger charge is 2.19. The highest BCUT2D eigenvalue weighted by Crippen LogP contribution is 2.28. The SMILES string of the molecule is CCCC(C)CC(CNC(C)(C)C)c1ccccc1C. The third-order valence-corrected chi connectivity index (χ3v) is 3.98. The Morgan fingerprint density at radius 2 is 1.80 bits per heavy atom. The number of benzene rings is 1. The van der Waals surface area contributed by atoms with Crippen LogP contribution in [0.3, 0.4) is 0 Å². The zero-order valence-electron chi connectivity index (χ0n) is 14.3. The summed E-state index contributed by atoms with van der Waals surface area (Å²) in [5.41, 5.74) is 3.14. The van der Waals surface area contributed by atoms with Crippen molar-refractivity contribution in [3.8, 4) is 0 Å². The van der Waals surface area contributed by atoms with Crippen LogP contribution in [-0.4, -0.2) is 12.1 Å². The maximum atomic E-state index is 3.70. The molecule has 0 radical (unpaired) electrons. The number of aryl methyl sites for hydroxylation is 1. The van der Waals surface area contributed by atoms with E-state index in [1.165, 1.54) is 30.4 Å². The minimum Gasteiger partial charge on any atom is -0.311 e. The maximum absolute atomic E-state index is 3.70. The molecule has 0 spiro atoms. The van der Waals surface area contributed by atoms with Gasteiger partial charge in [-0.15, -0.1) is 0 Å². The summed E-state index contributed by atoms with van der Waals surface area (Å²) in [6, 6.07) is 8.87. The van der Waals surface area contributed by atoms with Crippen LogP contribution in [0.4, 0.5) is 0 Å². The highest BCUT2D eigenvalue weighted by molar-refractivity contribution is 5.29. The van der Waals surface area contributed by atoms with Crippen molar-refractivity contribution in [3.05, 3.63) is 35.4 Å². The minimum atomic E-state index is 0.189. The van der Waals surface area contributed by atoms with Crippen molar-refractivity contribution in [2.45, 2.75) is 72.3 Å².